The number of hydrogen-bond acceptors (Lipinski definition) is 3. The van der Waals surface area contributed by atoms with Crippen LogP contribution in [0.25, 0.3) is 0 Å². The standard InChI is InChI=1S/C17H19NO2/c1-12-5-7-15(13(2)9-12)18-11-14-6-8-16(19-3)17(10-14)20-4/h5-11H,1-4H3. The monoisotopic (exact) mass is 269 g/mol. The molecule has 104 valence electrons. The van der Waals surface area contributed by atoms with Crippen molar-refractivity contribution in [1.82, 2.24) is 0 Å². The molecule has 0 unspecified atom stereocenters. The molecule has 0 spiro atoms. The summed E-state index contributed by atoms with van der Waals surface area (Å²) < 4.78 is 10.5. The van der Waals surface area contributed by atoms with Crippen molar-refractivity contribution in [3.05, 3.63) is 53.1 Å². The first-order valence-electron chi connectivity index (χ1n) is 6.47. The third-order valence-electron chi connectivity index (χ3n) is 3.11. The second kappa shape index (κ2) is 6.24. The Bertz CT molecular complexity index is 633. The van der Waals surface area contributed by atoms with E-state index in [9.17, 15) is 0 Å². The van der Waals surface area contributed by atoms with Crippen LogP contribution in [-0.2, 0) is 0 Å². The van der Waals surface area contributed by atoms with Crippen LogP contribution in [0.1, 0.15) is 16.7 Å². The molecule has 20 heavy (non-hydrogen) atoms. The van der Waals surface area contributed by atoms with Gasteiger partial charge in [-0.1, -0.05) is 17.7 Å². The van der Waals surface area contributed by atoms with Crippen molar-refractivity contribution in [3.63, 3.8) is 0 Å². The Morgan fingerprint density at radius 3 is 2.30 bits per heavy atom. The molecule has 0 radical (unpaired) electrons. The highest BCUT2D eigenvalue weighted by molar-refractivity contribution is 5.83. The van der Waals surface area contributed by atoms with E-state index < -0.39 is 0 Å². The van der Waals surface area contributed by atoms with Crippen molar-refractivity contribution >= 4 is 11.9 Å². The molecular formula is C17H19NO2. The number of nitrogens with zero attached hydrogens (tertiary/aromatic N) is 1. The van der Waals surface area contributed by atoms with E-state index in [1.165, 1.54) is 11.1 Å². The Labute approximate surface area is 119 Å². The quantitative estimate of drug-likeness (QED) is 0.783. The number of aliphatic imine (C=N–C) groups is 1. The van der Waals surface area contributed by atoms with Crippen molar-refractivity contribution in [2.24, 2.45) is 4.99 Å². The van der Waals surface area contributed by atoms with E-state index in [0.29, 0.717) is 5.75 Å². The first kappa shape index (κ1) is 14.1. The van der Waals surface area contributed by atoms with E-state index in [2.05, 4.69) is 31.0 Å². The molecule has 0 N–H and O–H groups in total. The number of rotatable bonds is 4. The van der Waals surface area contributed by atoms with Crippen LogP contribution in [0, 0.1) is 13.8 Å². The average Bonchev–Trinajstić information content (AvgIpc) is 2.46. The van der Waals surface area contributed by atoms with Crippen molar-refractivity contribution in [1.29, 1.82) is 0 Å². The zero-order chi connectivity index (χ0) is 14.5. The van der Waals surface area contributed by atoms with Gasteiger partial charge in [0.25, 0.3) is 0 Å². The van der Waals surface area contributed by atoms with Gasteiger partial charge in [0, 0.05) is 6.21 Å². The topological polar surface area (TPSA) is 30.8 Å². The molecule has 0 saturated carbocycles. The van der Waals surface area contributed by atoms with Crippen LogP contribution in [-0.4, -0.2) is 20.4 Å². The summed E-state index contributed by atoms with van der Waals surface area (Å²) in [5.41, 5.74) is 4.36. The fourth-order valence-corrected chi connectivity index (χ4v) is 2.03. The summed E-state index contributed by atoms with van der Waals surface area (Å²) in [6.07, 6.45) is 1.83. The third kappa shape index (κ3) is 3.18. The third-order valence-corrected chi connectivity index (χ3v) is 3.11. The highest BCUT2D eigenvalue weighted by Gasteiger charge is 2.03. The number of ether oxygens (including phenoxy) is 2. The lowest BCUT2D eigenvalue weighted by molar-refractivity contribution is 0.355. The minimum absolute atomic E-state index is 0.706. The second-order valence-corrected chi connectivity index (χ2v) is 4.66. The maximum atomic E-state index is 5.28. The van der Waals surface area contributed by atoms with E-state index in [0.717, 1.165) is 17.0 Å². The van der Waals surface area contributed by atoms with E-state index in [-0.39, 0.29) is 0 Å². The van der Waals surface area contributed by atoms with Crippen molar-refractivity contribution < 1.29 is 9.47 Å². The van der Waals surface area contributed by atoms with Gasteiger partial charge in [0.2, 0.25) is 0 Å². The Morgan fingerprint density at radius 2 is 1.65 bits per heavy atom. The van der Waals surface area contributed by atoms with Crippen molar-refractivity contribution in [3.8, 4) is 11.5 Å². The summed E-state index contributed by atoms with van der Waals surface area (Å²) in [6.45, 7) is 4.14. The van der Waals surface area contributed by atoms with Crippen LogP contribution in [0.4, 0.5) is 5.69 Å². The summed E-state index contributed by atoms with van der Waals surface area (Å²) in [6, 6.07) is 12.0. The van der Waals surface area contributed by atoms with Gasteiger partial charge < -0.3 is 9.47 Å². The molecule has 0 saturated heterocycles. The summed E-state index contributed by atoms with van der Waals surface area (Å²) in [4.78, 5) is 4.53. The van der Waals surface area contributed by atoms with E-state index in [1.807, 2.05) is 30.5 Å². The summed E-state index contributed by atoms with van der Waals surface area (Å²) in [5.74, 6) is 1.42. The highest BCUT2D eigenvalue weighted by atomic mass is 16.5. The molecule has 0 amide bonds. The molecule has 0 aliphatic heterocycles. The molecule has 0 aliphatic rings. The maximum Gasteiger partial charge on any atom is 0.161 e. The van der Waals surface area contributed by atoms with E-state index in [1.54, 1.807) is 14.2 Å². The van der Waals surface area contributed by atoms with Crippen LogP contribution in [0.3, 0.4) is 0 Å². The Hall–Kier alpha value is -2.29. The largest absolute Gasteiger partial charge is 0.493 e. The molecule has 0 bridgehead atoms. The number of methoxy groups -OCH3 is 2. The molecule has 2 aromatic rings. The lowest BCUT2D eigenvalue weighted by atomic mass is 10.1. The van der Waals surface area contributed by atoms with Gasteiger partial charge >= 0.3 is 0 Å². The minimum Gasteiger partial charge on any atom is -0.493 e. The molecule has 0 fully saturated rings. The Kier molecular flexibility index (Phi) is 4.41. The minimum atomic E-state index is 0.706. The normalized spacial score (nSPS) is 10.8. The maximum absolute atomic E-state index is 5.28. The van der Waals surface area contributed by atoms with E-state index >= 15 is 0 Å². The fourth-order valence-electron chi connectivity index (χ4n) is 2.03. The first-order chi connectivity index (χ1) is 9.63. The van der Waals surface area contributed by atoms with Crippen LogP contribution in [0.15, 0.2) is 41.4 Å². The predicted octanol–water partition coefficient (Wildman–Crippen LogP) is 4.07. The van der Waals surface area contributed by atoms with Gasteiger partial charge in [-0.15, -0.1) is 0 Å². The SMILES string of the molecule is COc1ccc(C=Nc2ccc(C)cc2C)cc1OC. The fraction of sp³-hybridized carbons (Fsp3) is 0.235. The van der Waals surface area contributed by atoms with E-state index in [4.69, 9.17) is 9.47 Å². The Morgan fingerprint density at radius 1 is 0.900 bits per heavy atom. The molecule has 3 heteroatoms. The number of hydrogen-bond donors (Lipinski definition) is 0. The van der Waals surface area contributed by atoms with Crippen molar-refractivity contribution in [2.75, 3.05) is 14.2 Å². The number of aryl methyl sites for hydroxylation is 2. The lowest BCUT2D eigenvalue weighted by Gasteiger charge is -2.07. The second-order valence-electron chi connectivity index (χ2n) is 4.66. The van der Waals surface area contributed by atoms with Gasteiger partial charge in [-0.25, -0.2) is 0 Å². The zero-order valence-electron chi connectivity index (χ0n) is 12.3. The van der Waals surface area contributed by atoms with Gasteiger partial charge in [-0.2, -0.15) is 0 Å². The molecule has 2 aromatic carbocycles. The molecule has 3 nitrogen and oxygen atoms in total. The van der Waals surface area contributed by atoms with Crippen LogP contribution in [0.5, 0.6) is 11.5 Å². The molecular weight excluding hydrogens is 250 g/mol. The highest BCUT2D eigenvalue weighted by Crippen LogP contribution is 2.27. The molecule has 0 heterocycles. The summed E-state index contributed by atoms with van der Waals surface area (Å²) >= 11 is 0. The van der Waals surface area contributed by atoms with Crippen LogP contribution < -0.4 is 9.47 Å². The molecule has 0 aliphatic carbocycles. The van der Waals surface area contributed by atoms with Gasteiger partial charge in [-0.05, 0) is 49.2 Å². The van der Waals surface area contributed by atoms with Crippen molar-refractivity contribution in [2.45, 2.75) is 13.8 Å². The van der Waals surface area contributed by atoms with Crippen LogP contribution >= 0.6 is 0 Å². The molecule has 2 rings (SSSR count). The first-order valence-corrected chi connectivity index (χ1v) is 6.47. The van der Waals surface area contributed by atoms with Gasteiger partial charge in [0.1, 0.15) is 0 Å². The summed E-state index contributed by atoms with van der Waals surface area (Å²) in [7, 11) is 3.25. The summed E-state index contributed by atoms with van der Waals surface area (Å²) in [5, 5.41) is 0. The molecule has 0 aromatic heterocycles. The number of benzene rings is 2. The predicted molar refractivity (Wildman–Crippen MR) is 82.7 cm³/mol. The average molecular weight is 269 g/mol. The Balaban J connectivity index is 2.27. The smallest absolute Gasteiger partial charge is 0.161 e. The van der Waals surface area contributed by atoms with Crippen LogP contribution in [0.2, 0.25) is 0 Å². The van der Waals surface area contributed by atoms with Gasteiger partial charge in [0.15, 0.2) is 11.5 Å². The zero-order valence-corrected chi connectivity index (χ0v) is 12.3. The lowest BCUT2D eigenvalue weighted by Crippen LogP contribution is -1.92. The van der Waals surface area contributed by atoms with Gasteiger partial charge in [0.05, 0.1) is 19.9 Å². The van der Waals surface area contributed by atoms with Gasteiger partial charge in [-0.3, -0.25) is 4.99 Å². The molecule has 0 atom stereocenters.